The fourth-order valence-electron chi connectivity index (χ4n) is 3.31. The predicted octanol–water partition coefficient (Wildman–Crippen LogP) is 3.69. The van der Waals surface area contributed by atoms with Crippen molar-refractivity contribution in [3.05, 3.63) is 94.5 Å². The van der Waals surface area contributed by atoms with Crippen LogP contribution in [0.3, 0.4) is 0 Å². The van der Waals surface area contributed by atoms with Gasteiger partial charge in [-0.2, -0.15) is 9.41 Å². The lowest BCUT2D eigenvalue weighted by Gasteiger charge is -2.21. The molecule has 0 bridgehead atoms. The highest BCUT2D eigenvalue weighted by Gasteiger charge is 2.27. The van der Waals surface area contributed by atoms with Gasteiger partial charge in [0.05, 0.1) is 17.7 Å². The summed E-state index contributed by atoms with van der Waals surface area (Å²) in [7, 11) is -3.95. The van der Waals surface area contributed by atoms with Gasteiger partial charge in [0.25, 0.3) is 11.8 Å². The summed E-state index contributed by atoms with van der Waals surface area (Å²) in [5, 5.41) is 6.69. The second-order valence-electron chi connectivity index (χ2n) is 8.59. The van der Waals surface area contributed by atoms with Crippen LogP contribution in [0.2, 0.25) is 0 Å². The molecular weight excluding hydrogens is 572 g/mol. The molecule has 3 aromatic carbocycles. The summed E-state index contributed by atoms with van der Waals surface area (Å²) in [6.45, 7) is 3.24. The van der Waals surface area contributed by atoms with Gasteiger partial charge in [0.15, 0.2) is 6.61 Å². The fraction of sp³-hybridized carbons (Fsp3) is 0.222. The maximum Gasteiger partial charge on any atom is 0.258 e. The van der Waals surface area contributed by atoms with E-state index < -0.39 is 22.5 Å². The Morgan fingerprint density at radius 1 is 0.974 bits per heavy atom. The Kier molecular flexibility index (Phi) is 10.6. The number of benzene rings is 3. The zero-order valence-corrected chi connectivity index (χ0v) is 23.4. The van der Waals surface area contributed by atoms with Crippen LogP contribution in [0.4, 0.5) is 0 Å². The first-order valence-corrected chi connectivity index (χ1v) is 14.0. The van der Waals surface area contributed by atoms with E-state index in [1.807, 2.05) is 19.9 Å². The van der Waals surface area contributed by atoms with Gasteiger partial charge in [-0.15, -0.1) is 0 Å². The summed E-state index contributed by atoms with van der Waals surface area (Å²) in [4.78, 5) is 24.4. The van der Waals surface area contributed by atoms with E-state index in [2.05, 4.69) is 31.8 Å². The van der Waals surface area contributed by atoms with Crippen LogP contribution in [0.15, 0.2) is 93.3 Å². The van der Waals surface area contributed by atoms with Gasteiger partial charge in [-0.25, -0.2) is 13.8 Å². The van der Waals surface area contributed by atoms with E-state index in [1.54, 1.807) is 60.7 Å². The molecule has 200 valence electrons. The number of sulfonamides is 1. The average molecular weight is 602 g/mol. The maximum absolute atomic E-state index is 13.3. The lowest BCUT2D eigenvalue weighted by Crippen LogP contribution is -2.39. The second kappa shape index (κ2) is 13.8. The van der Waals surface area contributed by atoms with E-state index in [4.69, 9.17) is 4.74 Å². The van der Waals surface area contributed by atoms with Gasteiger partial charge in [-0.1, -0.05) is 46.3 Å². The third-order valence-electron chi connectivity index (χ3n) is 5.08. The standard InChI is InChI=1S/C27H29BrN4O5S/c1-20(2)30-27(34)19-37-24-12-8-21(9-13-24)16-29-31-26(33)18-32(17-22-6-4-3-5-7-22)38(35,36)25-14-10-23(28)11-15-25/h3-16,20H,17-19H2,1-2H3,(H,30,34)(H,31,33)/b29-16+. The molecule has 0 heterocycles. The Balaban J connectivity index is 1.62. The summed E-state index contributed by atoms with van der Waals surface area (Å²) < 4.78 is 33.9. The zero-order chi connectivity index (χ0) is 27.5. The van der Waals surface area contributed by atoms with Gasteiger partial charge in [-0.3, -0.25) is 9.59 Å². The molecule has 0 saturated carbocycles. The van der Waals surface area contributed by atoms with Gasteiger partial charge in [0.2, 0.25) is 10.0 Å². The van der Waals surface area contributed by atoms with Crippen LogP contribution in [-0.2, 0) is 26.2 Å². The van der Waals surface area contributed by atoms with Crippen molar-refractivity contribution in [2.45, 2.75) is 31.3 Å². The molecular formula is C27H29BrN4O5S. The number of hydrazone groups is 1. The maximum atomic E-state index is 13.3. The minimum Gasteiger partial charge on any atom is -0.484 e. The summed E-state index contributed by atoms with van der Waals surface area (Å²) in [6, 6.07) is 22.1. The number of hydrogen-bond acceptors (Lipinski definition) is 6. The van der Waals surface area contributed by atoms with Crippen LogP contribution in [0, 0.1) is 0 Å². The lowest BCUT2D eigenvalue weighted by atomic mass is 10.2. The predicted molar refractivity (Wildman–Crippen MR) is 149 cm³/mol. The molecule has 38 heavy (non-hydrogen) atoms. The van der Waals surface area contributed by atoms with E-state index in [9.17, 15) is 18.0 Å². The van der Waals surface area contributed by atoms with Crippen LogP contribution >= 0.6 is 15.9 Å². The summed E-state index contributed by atoms with van der Waals surface area (Å²) >= 11 is 3.30. The molecule has 0 aliphatic carbocycles. The molecule has 2 amide bonds. The second-order valence-corrected chi connectivity index (χ2v) is 11.4. The highest BCUT2D eigenvalue weighted by Crippen LogP contribution is 2.20. The van der Waals surface area contributed by atoms with Crippen molar-refractivity contribution in [2.75, 3.05) is 13.2 Å². The minimum absolute atomic E-state index is 0.0209. The van der Waals surface area contributed by atoms with Crippen molar-refractivity contribution in [3.63, 3.8) is 0 Å². The van der Waals surface area contributed by atoms with Gasteiger partial charge in [0.1, 0.15) is 5.75 Å². The Hall–Kier alpha value is -3.54. The molecule has 0 unspecified atom stereocenters. The summed E-state index contributed by atoms with van der Waals surface area (Å²) in [6.07, 6.45) is 1.43. The smallest absolute Gasteiger partial charge is 0.258 e. The topological polar surface area (TPSA) is 117 Å². The monoisotopic (exact) mass is 600 g/mol. The van der Waals surface area contributed by atoms with E-state index >= 15 is 0 Å². The first-order valence-electron chi connectivity index (χ1n) is 11.8. The van der Waals surface area contributed by atoms with Crippen molar-refractivity contribution >= 4 is 44.0 Å². The molecule has 0 radical (unpaired) electrons. The van der Waals surface area contributed by atoms with Crippen LogP contribution in [0.25, 0.3) is 0 Å². The number of ether oxygens (including phenoxy) is 1. The first-order chi connectivity index (χ1) is 18.1. The number of halogens is 1. The van der Waals surface area contributed by atoms with Crippen LogP contribution in [0.5, 0.6) is 5.75 Å². The number of nitrogens with one attached hydrogen (secondary N) is 2. The first kappa shape index (κ1) is 29.0. The Labute approximate surface area is 231 Å². The average Bonchev–Trinajstić information content (AvgIpc) is 2.88. The molecule has 0 aliphatic heterocycles. The molecule has 0 spiro atoms. The molecule has 3 rings (SSSR count). The zero-order valence-electron chi connectivity index (χ0n) is 21.0. The van der Waals surface area contributed by atoms with Crippen LogP contribution in [0.1, 0.15) is 25.0 Å². The molecule has 0 saturated heterocycles. The van der Waals surface area contributed by atoms with Gasteiger partial charge >= 0.3 is 0 Å². The Morgan fingerprint density at radius 2 is 1.63 bits per heavy atom. The molecule has 11 heteroatoms. The van der Waals surface area contributed by atoms with Crippen LogP contribution < -0.4 is 15.5 Å². The SMILES string of the molecule is CC(C)NC(=O)COc1ccc(/C=N/NC(=O)CN(Cc2ccccc2)S(=O)(=O)c2ccc(Br)cc2)cc1. The van der Waals surface area contributed by atoms with Gasteiger partial charge in [0, 0.05) is 17.1 Å². The summed E-state index contributed by atoms with van der Waals surface area (Å²) in [5.41, 5.74) is 3.80. The van der Waals surface area contributed by atoms with E-state index in [0.29, 0.717) is 11.3 Å². The minimum atomic E-state index is -3.95. The van der Waals surface area contributed by atoms with E-state index in [-0.39, 0.29) is 30.0 Å². The molecule has 3 aromatic rings. The highest BCUT2D eigenvalue weighted by molar-refractivity contribution is 9.10. The van der Waals surface area contributed by atoms with E-state index in [0.717, 1.165) is 14.3 Å². The fourth-order valence-corrected chi connectivity index (χ4v) is 4.95. The molecule has 0 aromatic heterocycles. The van der Waals surface area contributed by atoms with Crippen molar-refractivity contribution in [3.8, 4) is 5.75 Å². The molecule has 0 atom stereocenters. The number of nitrogens with zero attached hydrogens (tertiary/aromatic N) is 2. The Bertz CT molecular complexity index is 1350. The number of hydrogen-bond donors (Lipinski definition) is 2. The van der Waals surface area contributed by atoms with Crippen molar-refractivity contribution < 1.29 is 22.7 Å². The van der Waals surface area contributed by atoms with Gasteiger partial charge < -0.3 is 10.1 Å². The third-order valence-corrected chi connectivity index (χ3v) is 7.41. The molecule has 0 fully saturated rings. The van der Waals surface area contributed by atoms with Gasteiger partial charge in [-0.05, 0) is 73.5 Å². The number of rotatable bonds is 12. The molecule has 2 N–H and O–H groups in total. The molecule has 9 nitrogen and oxygen atoms in total. The van der Waals surface area contributed by atoms with Crippen molar-refractivity contribution in [1.82, 2.24) is 15.0 Å². The quantitative estimate of drug-likeness (QED) is 0.243. The number of amides is 2. The van der Waals surface area contributed by atoms with Crippen LogP contribution in [-0.4, -0.2) is 49.9 Å². The Morgan fingerprint density at radius 3 is 2.26 bits per heavy atom. The largest absolute Gasteiger partial charge is 0.484 e. The van der Waals surface area contributed by atoms with E-state index in [1.165, 1.54) is 18.3 Å². The third kappa shape index (κ3) is 9.09. The lowest BCUT2D eigenvalue weighted by molar-refractivity contribution is -0.123. The summed E-state index contributed by atoms with van der Waals surface area (Å²) in [5.74, 6) is -0.286. The number of carbonyl (C=O) groups is 2. The van der Waals surface area contributed by atoms with Crippen molar-refractivity contribution in [2.24, 2.45) is 5.10 Å². The van der Waals surface area contributed by atoms with Crippen molar-refractivity contribution in [1.29, 1.82) is 0 Å². The highest BCUT2D eigenvalue weighted by atomic mass is 79.9. The number of carbonyl (C=O) groups excluding carboxylic acids is 2. The molecule has 0 aliphatic rings. The normalized spacial score (nSPS) is 11.6.